The van der Waals surface area contributed by atoms with Gasteiger partial charge in [-0.2, -0.15) is 0 Å². The standard InChI is InChI=1S/C24H12N2O8/c25-19(27)11-5-7-13-17(23(31)33-21(13)29)15(11)9-1-2-10(4-3-9)16-12(20(26)28)6-8-14-18(16)24(32)34-22(14)30/h1-8H,(H2,25,27)(H2,26,28). The topological polar surface area (TPSA) is 173 Å². The van der Waals surface area contributed by atoms with E-state index in [1.54, 1.807) is 0 Å². The van der Waals surface area contributed by atoms with Gasteiger partial charge in [-0.15, -0.1) is 0 Å². The number of primary amides is 2. The second-order valence-electron chi connectivity index (χ2n) is 7.48. The van der Waals surface area contributed by atoms with E-state index in [1.165, 1.54) is 48.5 Å². The molecule has 0 radical (unpaired) electrons. The van der Waals surface area contributed by atoms with Crippen molar-refractivity contribution in [2.45, 2.75) is 0 Å². The van der Waals surface area contributed by atoms with Crippen LogP contribution in [-0.4, -0.2) is 35.7 Å². The molecule has 0 spiro atoms. The Hall–Kier alpha value is -5.12. The molecule has 5 rings (SSSR count). The number of carbonyl (C=O) groups is 6. The molecule has 4 N–H and O–H groups in total. The van der Waals surface area contributed by atoms with Gasteiger partial charge in [0, 0.05) is 22.3 Å². The highest BCUT2D eigenvalue weighted by atomic mass is 16.6. The molecule has 2 amide bonds. The van der Waals surface area contributed by atoms with Crippen molar-refractivity contribution < 1.29 is 38.2 Å². The number of hydrogen-bond donors (Lipinski definition) is 2. The molecule has 0 atom stereocenters. The lowest BCUT2D eigenvalue weighted by Crippen LogP contribution is -2.15. The molecular weight excluding hydrogens is 444 g/mol. The summed E-state index contributed by atoms with van der Waals surface area (Å²) in [6.45, 7) is 0. The van der Waals surface area contributed by atoms with Gasteiger partial charge in [-0.25, -0.2) is 19.2 Å². The molecule has 0 bridgehead atoms. The van der Waals surface area contributed by atoms with Crippen LogP contribution in [0.15, 0.2) is 48.5 Å². The number of nitrogens with two attached hydrogens (primary N) is 2. The summed E-state index contributed by atoms with van der Waals surface area (Å²) in [6.07, 6.45) is 0. The van der Waals surface area contributed by atoms with Crippen molar-refractivity contribution >= 4 is 35.7 Å². The van der Waals surface area contributed by atoms with Crippen LogP contribution in [0.25, 0.3) is 22.3 Å². The Bertz CT molecular complexity index is 1400. The average Bonchev–Trinajstić information content (AvgIpc) is 3.26. The third-order valence-electron chi connectivity index (χ3n) is 5.62. The lowest BCUT2D eigenvalue weighted by molar-refractivity contribution is 0.0426. The third kappa shape index (κ3) is 2.89. The molecule has 10 heteroatoms. The Balaban J connectivity index is 1.72. The molecule has 3 aromatic carbocycles. The first kappa shape index (κ1) is 20.8. The van der Waals surface area contributed by atoms with E-state index in [9.17, 15) is 28.8 Å². The summed E-state index contributed by atoms with van der Waals surface area (Å²) in [5, 5.41) is 0. The number of rotatable bonds is 4. The van der Waals surface area contributed by atoms with Gasteiger partial charge in [0.1, 0.15) is 0 Å². The van der Waals surface area contributed by atoms with Gasteiger partial charge in [0.25, 0.3) is 0 Å². The van der Waals surface area contributed by atoms with E-state index in [4.69, 9.17) is 11.5 Å². The molecule has 0 aliphatic carbocycles. The summed E-state index contributed by atoms with van der Waals surface area (Å²) in [7, 11) is 0. The zero-order valence-corrected chi connectivity index (χ0v) is 17.0. The van der Waals surface area contributed by atoms with Crippen LogP contribution in [0.4, 0.5) is 0 Å². The van der Waals surface area contributed by atoms with E-state index in [0.29, 0.717) is 11.1 Å². The summed E-state index contributed by atoms with van der Waals surface area (Å²) in [5.41, 5.74) is 11.6. The number of cyclic esters (lactones) is 4. The highest BCUT2D eigenvalue weighted by Gasteiger charge is 2.36. The van der Waals surface area contributed by atoms with Crippen LogP contribution in [0.1, 0.15) is 62.1 Å². The highest BCUT2D eigenvalue weighted by Crippen LogP contribution is 2.38. The first-order chi connectivity index (χ1) is 16.2. The van der Waals surface area contributed by atoms with Crippen LogP contribution in [0, 0.1) is 0 Å². The molecule has 34 heavy (non-hydrogen) atoms. The Labute approximate surface area is 190 Å². The monoisotopic (exact) mass is 456 g/mol. The van der Waals surface area contributed by atoms with Crippen molar-refractivity contribution in [1.29, 1.82) is 0 Å². The zero-order chi connectivity index (χ0) is 24.3. The van der Waals surface area contributed by atoms with E-state index in [2.05, 4.69) is 9.47 Å². The first-order valence-corrected chi connectivity index (χ1v) is 9.76. The number of benzene rings is 3. The largest absolute Gasteiger partial charge is 0.386 e. The Kier molecular flexibility index (Phi) is 4.40. The molecule has 2 heterocycles. The minimum atomic E-state index is -0.916. The minimum Gasteiger partial charge on any atom is -0.386 e. The number of fused-ring (bicyclic) bond motifs is 2. The summed E-state index contributed by atoms with van der Waals surface area (Å²) >= 11 is 0. The van der Waals surface area contributed by atoms with Crippen LogP contribution in [0.3, 0.4) is 0 Å². The highest BCUT2D eigenvalue weighted by molar-refractivity contribution is 6.21. The van der Waals surface area contributed by atoms with Crippen molar-refractivity contribution in [3.8, 4) is 22.3 Å². The molecule has 166 valence electrons. The van der Waals surface area contributed by atoms with Crippen LogP contribution in [-0.2, 0) is 9.47 Å². The Morgan fingerprint density at radius 3 is 1.18 bits per heavy atom. The Morgan fingerprint density at radius 2 is 0.853 bits per heavy atom. The normalized spacial score (nSPS) is 13.9. The molecule has 0 aromatic heterocycles. The van der Waals surface area contributed by atoms with E-state index in [-0.39, 0.29) is 44.5 Å². The predicted octanol–water partition coefficient (Wildman–Crippen LogP) is 1.84. The van der Waals surface area contributed by atoms with Gasteiger partial charge in [-0.1, -0.05) is 24.3 Å². The lowest BCUT2D eigenvalue weighted by Gasteiger charge is -2.13. The number of esters is 4. The second kappa shape index (κ2) is 7.20. The van der Waals surface area contributed by atoms with Gasteiger partial charge >= 0.3 is 23.9 Å². The maximum absolute atomic E-state index is 12.3. The number of hydrogen-bond acceptors (Lipinski definition) is 8. The van der Waals surface area contributed by atoms with Gasteiger partial charge in [0.15, 0.2) is 0 Å². The number of amides is 2. The zero-order valence-electron chi connectivity index (χ0n) is 17.0. The minimum absolute atomic E-state index is 0.00720. The fourth-order valence-electron chi connectivity index (χ4n) is 4.16. The Morgan fingerprint density at radius 1 is 0.500 bits per heavy atom. The fraction of sp³-hybridized carbons (Fsp3) is 0. The molecule has 10 nitrogen and oxygen atoms in total. The molecule has 0 saturated heterocycles. The molecule has 3 aromatic rings. The smallest absolute Gasteiger partial charge is 0.347 e. The number of ether oxygens (including phenoxy) is 2. The molecular formula is C24H12N2O8. The van der Waals surface area contributed by atoms with Crippen molar-refractivity contribution in [2.75, 3.05) is 0 Å². The van der Waals surface area contributed by atoms with Crippen molar-refractivity contribution in [3.63, 3.8) is 0 Å². The number of carbonyl (C=O) groups excluding carboxylic acids is 6. The van der Waals surface area contributed by atoms with Gasteiger partial charge < -0.3 is 20.9 Å². The molecule has 0 unspecified atom stereocenters. The van der Waals surface area contributed by atoms with Crippen LogP contribution < -0.4 is 11.5 Å². The first-order valence-electron chi connectivity index (χ1n) is 9.76. The summed E-state index contributed by atoms with van der Waals surface area (Å²) in [5.74, 6) is -5.17. The van der Waals surface area contributed by atoms with Gasteiger partial charge in [0.05, 0.1) is 22.3 Å². The second-order valence-corrected chi connectivity index (χ2v) is 7.48. The van der Waals surface area contributed by atoms with E-state index in [0.717, 1.165) is 0 Å². The molecule has 2 aliphatic heterocycles. The SMILES string of the molecule is NC(=O)c1ccc2c(c1-c1ccc(-c3c(C(N)=O)ccc4c3C(=O)OC4=O)cc1)C(=O)OC2=O. The van der Waals surface area contributed by atoms with Crippen LogP contribution in [0.2, 0.25) is 0 Å². The summed E-state index contributed by atoms with van der Waals surface area (Å²) < 4.78 is 9.34. The van der Waals surface area contributed by atoms with E-state index in [1.807, 2.05) is 0 Å². The van der Waals surface area contributed by atoms with E-state index < -0.39 is 35.7 Å². The molecule has 0 fully saturated rings. The van der Waals surface area contributed by atoms with Crippen molar-refractivity contribution in [1.82, 2.24) is 0 Å². The fourth-order valence-corrected chi connectivity index (χ4v) is 4.16. The molecule has 0 saturated carbocycles. The van der Waals surface area contributed by atoms with Crippen molar-refractivity contribution in [2.24, 2.45) is 11.5 Å². The summed E-state index contributed by atoms with van der Waals surface area (Å²) in [6, 6.07) is 11.2. The summed E-state index contributed by atoms with van der Waals surface area (Å²) in [4.78, 5) is 72.7. The van der Waals surface area contributed by atoms with Gasteiger partial charge in [-0.05, 0) is 35.4 Å². The van der Waals surface area contributed by atoms with Gasteiger partial charge in [0.2, 0.25) is 11.8 Å². The van der Waals surface area contributed by atoms with Crippen LogP contribution >= 0.6 is 0 Å². The lowest BCUT2D eigenvalue weighted by atomic mass is 9.88. The van der Waals surface area contributed by atoms with E-state index >= 15 is 0 Å². The van der Waals surface area contributed by atoms with Crippen molar-refractivity contribution in [3.05, 3.63) is 81.9 Å². The quantitative estimate of drug-likeness (QED) is 0.442. The predicted molar refractivity (Wildman–Crippen MR) is 114 cm³/mol. The van der Waals surface area contributed by atoms with Crippen LogP contribution in [0.5, 0.6) is 0 Å². The maximum atomic E-state index is 12.3. The average molecular weight is 456 g/mol. The maximum Gasteiger partial charge on any atom is 0.347 e. The third-order valence-corrected chi connectivity index (χ3v) is 5.62. The van der Waals surface area contributed by atoms with Gasteiger partial charge in [-0.3, -0.25) is 9.59 Å². The molecule has 2 aliphatic rings.